The summed E-state index contributed by atoms with van der Waals surface area (Å²) in [5.74, 6) is -0.256. The Labute approximate surface area is 148 Å². The van der Waals surface area contributed by atoms with Crippen LogP contribution in [-0.2, 0) is 0 Å². The summed E-state index contributed by atoms with van der Waals surface area (Å²) in [4.78, 5) is 15.7. The molecule has 0 saturated heterocycles. The summed E-state index contributed by atoms with van der Waals surface area (Å²) in [5, 5.41) is 13.8. The van der Waals surface area contributed by atoms with E-state index in [-0.39, 0.29) is 5.82 Å². The van der Waals surface area contributed by atoms with Gasteiger partial charge in [-0.15, -0.1) is 0 Å². The molecule has 0 unspecified atom stereocenters. The van der Waals surface area contributed by atoms with Crippen molar-refractivity contribution in [3.8, 4) is 22.4 Å². The molecule has 0 amide bonds. The van der Waals surface area contributed by atoms with Gasteiger partial charge in [0.1, 0.15) is 5.82 Å². The molecule has 0 saturated carbocycles. The van der Waals surface area contributed by atoms with Crippen molar-refractivity contribution in [3.63, 3.8) is 0 Å². The summed E-state index contributed by atoms with van der Waals surface area (Å²) >= 11 is 0. The Morgan fingerprint density at radius 1 is 1.12 bits per heavy atom. The number of halogens is 1. The second-order valence-electron chi connectivity index (χ2n) is 5.98. The van der Waals surface area contributed by atoms with Crippen LogP contribution in [0.2, 0.25) is 0 Å². The Kier molecular flexibility index (Phi) is 3.73. The predicted molar refractivity (Wildman–Crippen MR) is 96.5 cm³/mol. The number of aryl methyl sites for hydroxylation is 1. The molecule has 4 rings (SSSR count). The van der Waals surface area contributed by atoms with Crippen molar-refractivity contribution in [1.29, 1.82) is 0 Å². The average molecular weight is 347 g/mol. The highest BCUT2D eigenvalue weighted by molar-refractivity contribution is 5.92. The normalized spacial score (nSPS) is 11.0. The summed E-state index contributed by atoms with van der Waals surface area (Å²) in [7, 11) is 0. The fourth-order valence-electron chi connectivity index (χ4n) is 3.01. The smallest absolute Gasteiger partial charge is 0.432 e. The van der Waals surface area contributed by atoms with Gasteiger partial charge >= 0.3 is 6.09 Å². The number of carboxylic acid groups (broad SMARTS) is 1. The van der Waals surface area contributed by atoms with Gasteiger partial charge in [0.15, 0.2) is 0 Å². The molecule has 26 heavy (non-hydrogen) atoms. The van der Waals surface area contributed by atoms with E-state index in [1.807, 2.05) is 24.3 Å². The van der Waals surface area contributed by atoms with Crippen LogP contribution in [0, 0.1) is 12.7 Å². The predicted octanol–water partition coefficient (Wildman–Crippen LogP) is 4.74. The van der Waals surface area contributed by atoms with Crippen molar-refractivity contribution in [2.24, 2.45) is 0 Å². The molecule has 0 atom stereocenters. The zero-order chi connectivity index (χ0) is 18.3. The van der Waals surface area contributed by atoms with Crippen molar-refractivity contribution in [3.05, 3.63) is 72.3 Å². The van der Waals surface area contributed by atoms with E-state index in [0.29, 0.717) is 11.1 Å². The monoisotopic (exact) mass is 347 g/mol. The molecule has 6 heteroatoms. The van der Waals surface area contributed by atoms with Gasteiger partial charge in [-0.3, -0.25) is 4.98 Å². The molecular formula is C20H14FN3O2. The first-order valence-corrected chi connectivity index (χ1v) is 7.97. The summed E-state index contributed by atoms with van der Waals surface area (Å²) in [6, 6.07) is 14.1. The summed E-state index contributed by atoms with van der Waals surface area (Å²) < 4.78 is 14.5. The summed E-state index contributed by atoms with van der Waals surface area (Å²) in [6.07, 6.45) is 2.08. The maximum absolute atomic E-state index is 13.6. The van der Waals surface area contributed by atoms with Gasteiger partial charge in [0.05, 0.1) is 17.4 Å². The van der Waals surface area contributed by atoms with Crippen molar-refractivity contribution in [2.75, 3.05) is 0 Å². The Balaban J connectivity index is 1.87. The zero-order valence-corrected chi connectivity index (χ0v) is 13.8. The van der Waals surface area contributed by atoms with E-state index in [4.69, 9.17) is 5.11 Å². The molecule has 0 bridgehead atoms. The average Bonchev–Trinajstić information content (AvgIpc) is 3.07. The summed E-state index contributed by atoms with van der Waals surface area (Å²) in [5.41, 5.74) is 4.39. The van der Waals surface area contributed by atoms with Gasteiger partial charge in [-0.25, -0.2) is 9.18 Å². The van der Waals surface area contributed by atoms with Crippen LogP contribution in [0.25, 0.3) is 33.3 Å². The first-order chi connectivity index (χ1) is 12.5. The molecule has 0 aliphatic rings. The van der Waals surface area contributed by atoms with Gasteiger partial charge in [-0.2, -0.15) is 9.78 Å². The Hall–Kier alpha value is -3.54. The molecule has 0 spiro atoms. The Bertz CT molecular complexity index is 1150. The van der Waals surface area contributed by atoms with Crippen LogP contribution in [-0.4, -0.2) is 26.0 Å². The van der Waals surface area contributed by atoms with E-state index in [0.717, 1.165) is 32.5 Å². The van der Waals surface area contributed by atoms with Crippen molar-refractivity contribution in [2.45, 2.75) is 6.92 Å². The zero-order valence-electron chi connectivity index (χ0n) is 13.8. The number of carbonyl (C=O) groups is 1. The van der Waals surface area contributed by atoms with Crippen LogP contribution in [0.4, 0.5) is 9.18 Å². The molecule has 1 N–H and O–H groups in total. The lowest BCUT2D eigenvalue weighted by Crippen LogP contribution is -2.08. The van der Waals surface area contributed by atoms with Gasteiger partial charge in [-0.05, 0) is 54.4 Å². The molecule has 0 aliphatic heterocycles. The molecular weight excluding hydrogens is 333 g/mol. The third-order valence-corrected chi connectivity index (χ3v) is 4.30. The number of rotatable bonds is 2. The largest absolute Gasteiger partial charge is 0.463 e. The quantitative estimate of drug-likeness (QED) is 0.569. The lowest BCUT2D eigenvalue weighted by atomic mass is 9.97. The van der Waals surface area contributed by atoms with Crippen LogP contribution < -0.4 is 0 Å². The number of fused-ring (bicyclic) bond motifs is 1. The molecule has 4 aromatic rings. The third-order valence-electron chi connectivity index (χ3n) is 4.30. The molecule has 5 nitrogen and oxygen atoms in total. The summed E-state index contributed by atoms with van der Waals surface area (Å²) in [6.45, 7) is 1.72. The number of nitrogens with zero attached hydrogens (tertiary/aromatic N) is 3. The van der Waals surface area contributed by atoms with E-state index >= 15 is 0 Å². The minimum Gasteiger partial charge on any atom is -0.463 e. The van der Waals surface area contributed by atoms with E-state index in [1.165, 1.54) is 12.3 Å². The van der Waals surface area contributed by atoms with Gasteiger partial charge in [0.25, 0.3) is 0 Å². The SMILES string of the molecule is Cc1cc(-c2ncccc2-c2ccc3c(cnn3C(=O)O)c2)ccc1F. The maximum Gasteiger partial charge on any atom is 0.432 e. The highest BCUT2D eigenvalue weighted by Gasteiger charge is 2.13. The third kappa shape index (κ3) is 2.61. The molecule has 0 fully saturated rings. The minimum atomic E-state index is -1.13. The van der Waals surface area contributed by atoms with E-state index < -0.39 is 6.09 Å². The molecule has 2 heterocycles. The van der Waals surface area contributed by atoms with Gasteiger partial charge in [-0.1, -0.05) is 12.1 Å². The highest BCUT2D eigenvalue weighted by Crippen LogP contribution is 2.32. The first-order valence-electron chi connectivity index (χ1n) is 7.97. The number of pyridine rings is 1. The highest BCUT2D eigenvalue weighted by atomic mass is 19.1. The number of hydrogen-bond donors (Lipinski definition) is 1. The van der Waals surface area contributed by atoms with Gasteiger partial charge in [0.2, 0.25) is 0 Å². The molecule has 0 aliphatic carbocycles. The number of hydrogen-bond acceptors (Lipinski definition) is 3. The topological polar surface area (TPSA) is 68.0 Å². The Morgan fingerprint density at radius 2 is 1.92 bits per heavy atom. The molecule has 128 valence electrons. The van der Waals surface area contributed by atoms with E-state index in [9.17, 15) is 9.18 Å². The molecule has 2 aromatic carbocycles. The number of benzene rings is 2. The van der Waals surface area contributed by atoms with Gasteiger partial charge in [0, 0.05) is 22.7 Å². The second-order valence-corrected chi connectivity index (χ2v) is 5.98. The number of aromatic nitrogens is 3. The second kappa shape index (κ2) is 6.07. The first kappa shape index (κ1) is 16.0. The van der Waals surface area contributed by atoms with Crippen molar-refractivity contribution in [1.82, 2.24) is 14.8 Å². The minimum absolute atomic E-state index is 0.256. The fraction of sp³-hybridized carbons (Fsp3) is 0.0500. The van der Waals surface area contributed by atoms with Gasteiger partial charge < -0.3 is 5.11 Å². The molecule has 2 aromatic heterocycles. The fourth-order valence-corrected chi connectivity index (χ4v) is 3.01. The van der Waals surface area contributed by atoms with Crippen LogP contribution in [0.15, 0.2) is 60.9 Å². The lowest BCUT2D eigenvalue weighted by Gasteiger charge is -2.10. The lowest BCUT2D eigenvalue weighted by molar-refractivity contribution is 0.194. The van der Waals surface area contributed by atoms with Crippen molar-refractivity contribution < 1.29 is 14.3 Å². The van der Waals surface area contributed by atoms with Crippen LogP contribution in [0.1, 0.15) is 5.56 Å². The standard InChI is InChI=1S/C20H14FN3O2/c1-12-9-14(4-6-17(12)21)19-16(3-2-8-22-19)13-5-7-18-15(10-13)11-23-24(18)20(25)26/h2-11H,1H3,(H,25,26). The molecule has 0 radical (unpaired) electrons. The van der Waals surface area contributed by atoms with Crippen molar-refractivity contribution >= 4 is 17.0 Å². The van der Waals surface area contributed by atoms with E-state index in [1.54, 1.807) is 31.3 Å². The van der Waals surface area contributed by atoms with E-state index in [2.05, 4.69) is 10.1 Å². The van der Waals surface area contributed by atoms with Crippen LogP contribution in [0.3, 0.4) is 0 Å². The maximum atomic E-state index is 13.6. The van der Waals surface area contributed by atoms with Crippen LogP contribution in [0.5, 0.6) is 0 Å². The van der Waals surface area contributed by atoms with Crippen LogP contribution >= 0.6 is 0 Å². The Morgan fingerprint density at radius 3 is 2.69 bits per heavy atom.